The summed E-state index contributed by atoms with van der Waals surface area (Å²) >= 11 is 4.95. The zero-order chi connectivity index (χ0) is 11.0. The molecular weight excluding hydrogens is 276 g/mol. The molecule has 2 heterocycles. The van der Waals surface area contributed by atoms with Crippen LogP contribution >= 0.6 is 27.3 Å². The van der Waals surface area contributed by atoms with Crippen molar-refractivity contribution in [2.45, 2.75) is 20.4 Å². The SMILES string of the molecule is Cc1nn(Cc2csc(N)n2)c(C)c1Br. The maximum atomic E-state index is 5.57. The van der Waals surface area contributed by atoms with Gasteiger partial charge in [-0.25, -0.2) is 4.98 Å². The molecule has 0 saturated carbocycles. The molecule has 0 aliphatic carbocycles. The Kier molecular flexibility index (Phi) is 2.79. The minimum absolute atomic E-state index is 0.602. The van der Waals surface area contributed by atoms with Crippen LogP contribution in [0.2, 0.25) is 0 Å². The number of thiazole rings is 1. The Morgan fingerprint density at radius 2 is 2.27 bits per heavy atom. The molecule has 2 rings (SSSR count). The lowest BCUT2D eigenvalue weighted by molar-refractivity contribution is 0.649. The van der Waals surface area contributed by atoms with Crippen LogP contribution in [-0.2, 0) is 6.54 Å². The van der Waals surface area contributed by atoms with Crippen molar-refractivity contribution in [2.24, 2.45) is 0 Å². The summed E-state index contributed by atoms with van der Waals surface area (Å²) in [6, 6.07) is 0. The van der Waals surface area contributed by atoms with Gasteiger partial charge in [0.05, 0.1) is 28.1 Å². The van der Waals surface area contributed by atoms with E-state index >= 15 is 0 Å². The lowest BCUT2D eigenvalue weighted by Gasteiger charge is -2.00. The highest BCUT2D eigenvalue weighted by molar-refractivity contribution is 9.10. The molecule has 4 nitrogen and oxygen atoms in total. The first-order valence-electron chi connectivity index (χ1n) is 4.47. The number of nitrogen functional groups attached to an aromatic ring is 1. The topological polar surface area (TPSA) is 56.7 Å². The number of nitrogens with two attached hydrogens (primary N) is 1. The van der Waals surface area contributed by atoms with Crippen molar-refractivity contribution in [3.8, 4) is 0 Å². The van der Waals surface area contributed by atoms with E-state index in [9.17, 15) is 0 Å². The highest BCUT2D eigenvalue weighted by Crippen LogP contribution is 2.21. The van der Waals surface area contributed by atoms with Gasteiger partial charge in [-0.15, -0.1) is 11.3 Å². The van der Waals surface area contributed by atoms with Crippen LogP contribution in [0.4, 0.5) is 5.13 Å². The van der Waals surface area contributed by atoms with Crippen molar-refractivity contribution in [2.75, 3.05) is 5.73 Å². The van der Waals surface area contributed by atoms with Crippen LogP contribution in [0.3, 0.4) is 0 Å². The summed E-state index contributed by atoms with van der Waals surface area (Å²) < 4.78 is 2.99. The molecule has 0 saturated heterocycles. The van der Waals surface area contributed by atoms with Crippen molar-refractivity contribution >= 4 is 32.4 Å². The Bertz CT molecular complexity index is 488. The Morgan fingerprint density at radius 1 is 1.53 bits per heavy atom. The van der Waals surface area contributed by atoms with Gasteiger partial charge in [-0.1, -0.05) is 0 Å². The first-order chi connectivity index (χ1) is 7.08. The van der Waals surface area contributed by atoms with Crippen molar-refractivity contribution in [3.05, 3.63) is 26.9 Å². The summed E-state index contributed by atoms with van der Waals surface area (Å²) in [7, 11) is 0. The number of rotatable bonds is 2. The van der Waals surface area contributed by atoms with Gasteiger partial charge in [-0.05, 0) is 29.8 Å². The van der Waals surface area contributed by atoms with Gasteiger partial charge in [0.25, 0.3) is 0 Å². The quantitative estimate of drug-likeness (QED) is 0.922. The van der Waals surface area contributed by atoms with E-state index in [2.05, 4.69) is 26.0 Å². The van der Waals surface area contributed by atoms with Crippen molar-refractivity contribution in [3.63, 3.8) is 0 Å². The molecule has 0 amide bonds. The number of nitrogens with zero attached hydrogens (tertiary/aromatic N) is 3. The standard InChI is InChI=1S/C9H11BrN4S/c1-5-8(10)6(2)14(13-5)3-7-4-15-9(11)12-7/h4H,3H2,1-2H3,(H2,11,12). The summed E-state index contributed by atoms with van der Waals surface area (Å²) in [4.78, 5) is 4.21. The minimum atomic E-state index is 0.602. The first kappa shape index (κ1) is 10.6. The predicted molar refractivity (Wildman–Crippen MR) is 65.0 cm³/mol. The Balaban J connectivity index is 2.28. The zero-order valence-corrected chi connectivity index (χ0v) is 10.9. The Morgan fingerprint density at radius 3 is 2.73 bits per heavy atom. The lowest BCUT2D eigenvalue weighted by atomic mass is 10.4. The van der Waals surface area contributed by atoms with Crippen LogP contribution in [-0.4, -0.2) is 14.8 Å². The zero-order valence-electron chi connectivity index (χ0n) is 8.49. The van der Waals surface area contributed by atoms with Crippen molar-refractivity contribution in [1.82, 2.24) is 14.8 Å². The van der Waals surface area contributed by atoms with Gasteiger partial charge >= 0.3 is 0 Å². The molecule has 0 atom stereocenters. The molecule has 80 valence electrons. The normalized spacial score (nSPS) is 10.9. The van der Waals surface area contributed by atoms with E-state index < -0.39 is 0 Å². The molecular formula is C9H11BrN4S. The second-order valence-electron chi connectivity index (χ2n) is 3.32. The summed E-state index contributed by atoms with van der Waals surface area (Å²) in [5.74, 6) is 0. The van der Waals surface area contributed by atoms with E-state index in [0.717, 1.165) is 21.6 Å². The van der Waals surface area contributed by atoms with Gasteiger partial charge in [0.1, 0.15) is 0 Å². The van der Waals surface area contributed by atoms with E-state index in [4.69, 9.17) is 5.73 Å². The summed E-state index contributed by atoms with van der Waals surface area (Å²) in [5.41, 5.74) is 8.63. The third-order valence-corrected chi connectivity index (χ3v) is 4.04. The van der Waals surface area contributed by atoms with Gasteiger partial charge in [0, 0.05) is 5.38 Å². The predicted octanol–water partition coefficient (Wildman–Crippen LogP) is 2.35. The molecule has 2 aromatic heterocycles. The molecule has 0 bridgehead atoms. The summed E-state index contributed by atoms with van der Waals surface area (Å²) in [6.45, 7) is 4.68. The Hall–Kier alpha value is -0.880. The Labute approximate surface area is 100 Å². The van der Waals surface area contributed by atoms with Crippen molar-refractivity contribution < 1.29 is 0 Å². The van der Waals surface area contributed by atoms with Gasteiger partial charge in [0.15, 0.2) is 5.13 Å². The van der Waals surface area contributed by atoms with Gasteiger partial charge < -0.3 is 5.73 Å². The highest BCUT2D eigenvalue weighted by atomic mass is 79.9. The number of halogens is 1. The number of hydrogen-bond acceptors (Lipinski definition) is 4. The molecule has 0 unspecified atom stereocenters. The molecule has 0 aliphatic rings. The fourth-order valence-corrected chi connectivity index (χ4v) is 2.22. The molecule has 6 heteroatoms. The van der Waals surface area contributed by atoms with E-state index in [1.807, 2.05) is 23.9 Å². The molecule has 2 N–H and O–H groups in total. The van der Waals surface area contributed by atoms with E-state index in [1.165, 1.54) is 11.3 Å². The van der Waals surface area contributed by atoms with E-state index in [1.54, 1.807) is 0 Å². The van der Waals surface area contributed by atoms with Gasteiger partial charge in [-0.2, -0.15) is 5.10 Å². The number of aromatic nitrogens is 3. The largest absolute Gasteiger partial charge is 0.375 e. The average Bonchev–Trinajstić information content (AvgIpc) is 2.68. The molecule has 2 aromatic rings. The van der Waals surface area contributed by atoms with Gasteiger partial charge in [-0.3, -0.25) is 4.68 Å². The molecule has 15 heavy (non-hydrogen) atoms. The van der Waals surface area contributed by atoms with Crippen LogP contribution in [0.5, 0.6) is 0 Å². The molecule has 0 spiro atoms. The fraction of sp³-hybridized carbons (Fsp3) is 0.333. The van der Waals surface area contributed by atoms with Crippen LogP contribution in [0.1, 0.15) is 17.1 Å². The minimum Gasteiger partial charge on any atom is -0.375 e. The molecule has 0 aliphatic heterocycles. The highest BCUT2D eigenvalue weighted by Gasteiger charge is 2.09. The third-order valence-electron chi connectivity index (χ3n) is 2.17. The number of aryl methyl sites for hydroxylation is 1. The maximum absolute atomic E-state index is 5.57. The summed E-state index contributed by atoms with van der Waals surface area (Å²) in [6.07, 6.45) is 0. The number of anilines is 1. The van der Waals surface area contributed by atoms with Crippen LogP contribution in [0.25, 0.3) is 0 Å². The van der Waals surface area contributed by atoms with Crippen LogP contribution in [0.15, 0.2) is 9.85 Å². The monoisotopic (exact) mass is 286 g/mol. The number of hydrogen-bond donors (Lipinski definition) is 1. The van der Waals surface area contributed by atoms with E-state index in [0.29, 0.717) is 11.7 Å². The fourth-order valence-electron chi connectivity index (χ4n) is 1.38. The lowest BCUT2D eigenvalue weighted by Crippen LogP contribution is -2.04. The second kappa shape index (κ2) is 3.94. The molecule has 0 aromatic carbocycles. The van der Waals surface area contributed by atoms with Crippen LogP contribution in [0, 0.1) is 13.8 Å². The maximum Gasteiger partial charge on any atom is 0.180 e. The average molecular weight is 287 g/mol. The van der Waals surface area contributed by atoms with E-state index in [-0.39, 0.29) is 0 Å². The van der Waals surface area contributed by atoms with Gasteiger partial charge in [0.2, 0.25) is 0 Å². The van der Waals surface area contributed by atoms with Crippen molar-refractivity contribution in [1.29, 1.82) is 0 Å². The molecule has 0 radical (unpaired) electrons. The summed E-state index contributed by atoms with van der Waals surface area (Å²) in [5, 5.41) is 6.97. The second-order valence-corrected chi connectivity index (χ2v) is 5.00. The van der Waals surface area contributed by atoms with Crippen LogP contribution < -0.4 is 5.73 Å². The smallest absolute Gasteiger partial charge is 0.180 e. The molecule has 0 fully saturated rings. The third kappa shape index (κ3) is 2.05. The first-order valence-corrected chi connectivity index (χ1v) is 6.14.